The van der Waals surface area contributed by atoms with Crippen LogP contribution in [0, 0.1) is 5.82 Å². The summed E-state index contributed by atoms with van der Waals surface area (Å²) in [5, 5.41) is 2.95. The molecule has 0 aromatic heterocycles. The standard InChI is InChI=1S/C23H27FN2O4S/c1-2-17-3-4-18(15-21(17)31(28,29)26-11-13-30-14-12-26)22(27)25-16-23(9-10-23)19-5-7-20(24)8-6-19/h3-8,15H,2,9-14,16H2,1H3,(H,25,27). The monoisotopic (exact) mass is 446 g/mol. The third kappa shape index (κ3) is 4.51. The molecule has 0 radical (unpaired) electrons. The molecule has 0 atom stereocenters. The van der Waals surface area contributed by atoms with Crippen LogP contribution in [0.4, 0.5) is 4.39 Å². The van der Waals surface area contributed by atoms with Gasteiger partial charge in [-0.2, -0.15) is 4.31 Å². The summed E-state index contributed by atoms with van der Waals surface area (Å²) >= 11 is 0. The summed E-state index contributed by atoms with van der Waals surface area (Å²) < 4.78 is 46.3. The number of nitrogens with zero attached hydrogens (tertiary/aromatic N) is 1. The van der Waals surface area contributed by atoms with Crippen LogP contribution in [-0.2, 0) is 26.6 Å². The molecule has 0 unspecified atom stereocenters. The molecule has 6 nitrogen and oxygen atoms in total. The molecular formula is C23H27FN2O4S. The summed E-state index contributed by atoms with van der Waals surface area (Å²) in [6.07, 6.45) is 2.39. The van der Waals surface area contributed by atoms with Gasteiger partial charge in [0, 0.05) is 30.6 Å². The van der Waals surface area contributed by atoms with Crippen molar-refractivity contribution in [3.63, 3.8) is 0 Å². The number of rotatable bonds is 7. The lowest BCUT2D eigenvalue weighted by molar-refractivity contribution is 0.0730. The number of ether oxygens (including phenoxy) is 1. The van der Waals surface area contributed by atoms with Gasteiger partial charge in [-0.15, -0.1) is 0 Å². The highest BCUT2D eigenvalue weighted by atomic mass is 32.2. The molecule has 1 saturated heterocycles. The van der Waals surface area contributed by atoms with Gasteiger partial charge in [0.05, 0.1) is 18.1 Å². The summed E-state index contributed by atoms with van der Waals surface area (Å²) in [4.78, 5) is 13.0. The maximum atomic E-state index is 13.2. The molecule has 0 bridgehead atoms. The van der Waals surface area contributed by atoms with Crippen LogP contribution in [0.1, 0.15) is 41.3 Å². The van der Waals surface area contributed by atoms with E-state index in [0.29, 0.717) is 50.4 Å². The third-order valence-electron chi connectivity index (χ3n) is 6.20. The second-order valence-electron chi connectivity index (χ2n) is 8.16. The second-order valence-corrected chi connectivity index (χ2v) is 10.1. The highest BCUT2D eigenvalue weighted by Crippen LogP contribution is 2.47. The molecule has 8 heteroatoms. The summed E-state index contributed by atoms with van der Waals surface area (Å²) in [5.74, 6) is -0.594. The number of hydrogen-bond acceptors (Lipinski definition) is 4. The van der Waals surface area contributed by atoms with Gasteiger partial charge in [0.15, 0.2) is 0 Å². The van der Waals surface area contributed by atoms with Gasteiger partial charge in [0.25, 0.3) is 5.91 Å². The largest absolute Gasteiger partial charge is 0.379 e. The number of carbonyl (C=O) groups excluding carboxylic acids is 1. The second kappa shape index (κ2) is 8.68. The Bertz CT molecular complexity index is 1060. The molecule has 166 valence electrons. The van der Waals surface area contributed by atoms with Crippen LogP contribution in [0.25, 0.3) is 0 Å². The zero-order valence-corrected chi connectivity index (χ0v) is 18.4. The van der Waals surface area contributed by atoms with Crippen molar-refractivity contribution < 1.29 is 22.3 Å². The van der Waals surface area contributed by atoms with E-state index in [1.165, 1.54) is 22.5 Å². The smallest absolute Gasteiger partial charge is 0.251 e. The van der Waals surface area contributed by atoms with E-state index in [-0.39, 0.29) is 22.0 Å². The van der Waals surface area contributed by atoms with E-state index in [9.17, 15) is 17.6 Å². The van der Waals surface area contributed by atoms with Crippen LogP contribution in [-0.4, -0.2) is 51.5 Å². The first-order chi connectivity index (χ1) is 14.9. The van der Waals surface area contributed by atoms with E-state index in [4.69, 9.17) is 4.74 Å². The first kappa shape index (κ1) is 21.9. The fourth-order valence-electron chi connectivity index (χ4n) is 4.03. The van der Waals surface area contributed by atoms with E-state index < -0.39 is 10.0 Å². The molecule has 2 fully saturated rings. The van der Waals surface area contributed by atoms with E-state index in [0.717, 1.165) is 18.4 Å². The van der Waals surface area contributed by atoms with E-state index in [2.05, 4.69) is 5.32 Å². The van der Waals surface area contributed by atoms with Crippen LogP contribution in [0.2, 0.25) is 0 Å². The van der Waals surface area contributed by atoms with Crippen molar-refractivity contribution in [3.05, 3.63) is 65.0 Å². The zero-order valence-electron chi connectivity index (χ0n) is 17.6. The van der Waals surface area contributed by atoms with Gasteiger partial charge in [0.1, 0.15) is 5.82 Å². The Kier molecular flexibility index (Phi) is 6.14. The molecule has 1 aliphatic heterocycles. The van der Waals surface area contributed by atoms with E-state index in [1.807, 2.05) is 6.92 Å². The van der Waals surface area contributed by atoms with Gasteiger partial charge >= 0.3 is 0 Å². The molecule has 2 aromatic rings. The number of sulfonamides is 1. The lowest BCUT2D eigenvalue weighted by Crippen LogP contribution is -2.41. The summed E-state index contributed by atoms with van der Waals surface area (Å²) in [7, 11) is -3.70. The Labute approximate surface area is 182 Å². The van der Waals surface area contributed by atoms with Gasteiger partial charge in [0.2, 0.25) is 10.0 Å². The highest BCUT2D eigenvalue weighted by Gasteiger charge is 2.44. The van der Waals surface area contributed by atoms with Gasteiger partial charge in [-0.25, -0.2) is 12.8 Å². The van der Waals surface area contributed by atoms with E-state index >= 15 is 0 Å². The molecule has 1 aliphatic carbocycles. The zero-order chi connectivity index (χ0) is 22.1. The number of morpholine rings is 1. The maximum Gasteiger partial charge on any atom is 0.251 e. The van der Waals surface area contributed by atoms with E-state index in [1.54, 1.807) is 24.3 Å². The van der Waals surface area contributed by atoms with Crippen molar-refractivity contribution in [3.8, 4) is 0 Å². The number of nitrogens with one attached hydrogen (secondary N) is 1. The number of carbonyl (C=O) groups is 1. The molecule has 1 amide bonds. The lowest BCUT2D eigenvalue weighted by atomic mass is 9.96. The summed E-state index contributed by atoms with van der Waals surface area (Å²) in [6, 6.07) is 11.3. The number of hydrogen-bond donors (Lipinski definition) is 1. The van der Waals surface area contributed by atoms with Gasteiger partial charge in [-0.1, -0.05) is 25.1 Å². The molecule has 1 saturated carbocycles. The predicted octanol–water partition coefficient (Wildman–Crippen LogP) is 2.87. The molecule has 2 aromatic carbocycles. The van der Waals surface area contributed by atoms with Crippen LogP contribution in [0.15, 0.2) is 47.4 Å². The molecule has 31 heavy (non-hydrogen) atoms. The van der Waals surface area contributed by atoms with Crippen LogP contribution in [0.3, 0.4) is 0 Å². The number of benzene rings is 2. The molecule has 0 spiro atoms. The minimum Gasteiger partial charge on any atom is -0.379 e. The number of aryl methyl sites for hydroxylation is 1. The minimum atomic E-state index is -3.70. The molecule has 1 heterocycles. The van der Waals surface area contributed by atoms with Crippen molar-refractivity contribution in [2.75, 3.05) is 32.8 Å². The van der Waals surface area contributed by atoms with Gasteiger partial charge in [-0.3, -0.25) is 4.79 Å². The van der Waals surface area contributed by atoms with Gasteiger partial charge in [-0.05, 0) is 54.7 Å². The highest BCUT2D eigenvalue weighted by molar-refractivity contribution is 7.89. The topological polar surface area (TPSA) is 75.7 Å². The minimum absolute atomic E-state index is 0.171. The fraction of sp³-hybridized carbons (Fsp3) is 0.435. The van der Waals surface area contributed by atoms with Crippen molar-refractivity contribution in [2.24, 2.45) is 0 Å². The average molecular weight is 447 g/mol. The predicted molar refractivity (Wildman–Crippen MR) is 115 cm³/mol. The Balaban J connectivity index is 1.52. The Morgan fingerprint density at radius 1 is 1.13 bits per heavy atom. The molecule has 4 rings (SSSR count). The first-order valence-corrected chi connectivity index (χ1v) is 12.0. The van der Waals surface area contributed by atoms with Crippen LogP contribution in [0.5, 0.6) is 0 Å². The lowest BCUT2D eigenvalue weighted by Gasteiger charge is -2.27. The summed E-state index contributed by atoms with van der Waals surface area (Å²) in [6.45, 7) is 3.67. The first-order valence-electron chi connectivity index (χ1n) is 10.6. The normalized spacial score (nSPS) is 18.5. The Morgan fingerprint density at radius 2 is 1.81 bits per heavy atom. The van der Waals surface area contributed by atoms with Crippen molar-refractivity contribution in [1.29, 1.82) is 0 Å². The third-order valence-corrected chi connectivity index (χ3v) is 8.18. The SMILES string of the molecule is CCc1ccc(C(=O)NCC2(c3ccc(F)cc3)CC2)cc1S(=O)(=O)N1CCOCC1. The molecule has 2 aliphatic rings. The molecular weight excluding hydrogens is 419 g/mol. The van der Waals surface area contributed by atoms with Crippen LogP contribution < -0.4 is 5.32 Å². The average Bonchev–Trinajstić information content (AvgIpc) is 3.59. The number of halogens is 1. The summed E-state index contributed by atoms with van der Waals surface area (Å²) in [5.41, 5.74) is 1.84. The fourth-order valence-corrected chi connectivity index (χ4v) is 5.75. The Morgan fingerprint density at radius 3 is 2.42 bits per heavy atom. The van der Waals surface area contributed by atoms with Gasteiger partial charge < -0.3 is 10.1 Å². The Hall–Kier alpha value is -2.29. The van der Waals surface area contributed by atoms with Crippen molar-refractivity contribution in [2.45, 2.75) is 36.5 Å². The number of amides is 1. The maximum absolute atomic E-state index is 13.2. The van der Waals surface area contributed by atoms with Crippen LogP contribution >= 0.6 is 0 Å². The quantitative estimate of drug-likeness (QED) is 0.710. The molecule has 1 N–H and O–H groups in total. The van der Waals surface area contributed by atoms with Crippen molar-refractivity contribution >= 4 is 15.9 Å². The van der Waals surface area contributed by atoms with Crippen molar-refractivity contribution in [1.82, 2.24) is 9.62 Å².